The van der Waals surface area contributed by atoms with Gasteiger partial charge in [-0.1, -0.05) is 35.9 Å². The van der Waals surface area contributed by atoms with Gasteiger partial charge in [-0.25, -0.2) is 0 Å². The van der Waals surface area contributed by atoms with Gasteiger partial charge in [0.2, 0.25) is 0 Å². The predicted octanol–water partition coefficient (Wildman–Crippen LogP) is 6.20. The van der Waals surface area contributed by atoms with Crippen LogP contribution in [0.3, 0.4) is 0 Å². The zero-order chi connectivity index (χ0) is 19.2. The van der Waals surface area contributed by atoms with Crippen molar-refractivity contribution in [3.8, 4) is 5.75 Å². The fourth-order valence-corrected chi connectivity index (χ4v) is 3.66. The summed E-state index contributed by atoms with van der Waals surface area (Å²) in [6.07, 6.45) is 0. The summed E-state index contributed by atoms with van der Waals surface area (Å²) in [5, 5.41) is 3.52. The molecule has 0 fully saturated rings. The maximum absolute atomic E-state index is 12.6. The number of rotatable bonds is 6. The van der Waals surface area contributed by atoms with Crippen molar-refractivity contribution in [3.05, 3.63) is 88.4 Å². The third-order valence-electron chi connectivity index (χ3n) is 4.11. The van der Waals surface area contributed by atoms with Crippen LogP contribution in [0.25, 0.3) is 0 Å². The second-order valence-corrected chi connectivity index (χ2v) is 7.50. The number of ether oxygens (including phenoxy) is 1. The zero-order valence-electron chi connectivity index (χ0n) is 15.2. The van der Waals surface area contributed by atoms with Crippen molar-refractivity contribution >= 4 is 35.0 Å². The average Bonchev–Trinajstić information content (AvgIpc) is 2.69. The lowest BCUT2D eigenvalue weighted by atomic mass is 10.1. The van der Waals surface area contributed by atoms with Crippen molar-refractivity contribution in [1.29, 1.82) is 0 Å². The maximum atomic E-state index is 12.6. The summed E-state index contributed by atoms with van der Waals surface area (Å²) in [6.45, 7) is 1.92. The van der Waals surface area contributed by atoms with E-state index in [-0.39, 0.29) is 5.91 Å². The van der Waals surface area contributed by atoms with Gasteiger partial charge >= 0.3 is 0 Å². The number of anilines is 1. The van der Waals surface area contributed by atoms with Gasteiger partial charge in [-0.05, 0) is 55.0 Å². The van der Waals surface area contributed by atoms with Crippen LogP contribution in [-0.4, -0.2) is 13.0 Å². The summed E-state index contributed by atoms with van der Waals surface area (Å²) in [4.78, 5) is 13.8. The number of hydrogen-bond donors (Lipinski definition) is 1. The Morgan fingerprint density at radius 3 is 2.56 bits per heavy atom. The highest BCUT2D eigenvalue weighted by atomic mass is 35.5. The minimum Gasteiger partial charge on any atom is -0.496 e. The van der Waals surface area contributed by atoms with Gasteiger partial charge in [-0.15, -0.1) is 11.8 Å². The Hall–Kier alpha value is -2.43. The molecule has 0 saturated heterocycles. The quantitative estimate of drug-likeness (QED) is 0.503. The number of nitrogens with one attached hydrogen (secondary N) is 1. The molecule has 1 N–H and O–H groups in total. The standard InChI is InChI=1S/C22H20ClNO2S/c1-15-8-10-18(13-20(15)23)24-22(25)16-9-11-21(26-2)17(12-16)14-27-19-6-4-3-5-7-19/h3-13H,14H2,1-2H3,(H,24,25). The molecule has 3 rings (SSSR count). The van der Waals surface area contributed by atoms with E-state index in [9.17, 15) is 4.79 Å². The molecule has 0 aliphatic rings. The van der Waals surface area contributed by atoms with E-state index in [2.05, 4.69) is 17.4 Å². The van der Waals surface area contributed by atoms with E-state index < -0.39 is 0 Å². The summed E-state index contributed by atoms with van der Waals surface area (Å²) < 4.78 is 5.45. The second kappa shape index (κ2) is 8.98. The number of carbonyl (C=O) groups is 1. The molecule has 0 bridgehead atoms. The number of methoxy groups -OCH3 is 1. The first kappa shape index (κ1) is 19.3. The van der Waals surface area contributed by atoms with Crippen LogP contribution >= 0.6 is 23.4 Å². The minimum absolute atomic E-state index is 0.177. The number of thioether (sulfide) groups is 1. The first-order valence-electron chi connectivity index (χ1n) is 8.49. The first-order chi connectivity index (χ1) is 13.1. The van der Waals surface area contributed by atoms with Crippen LogP contribution < -0.4 is 10.1 Å². The smallest absolute Gasteiger partial charge is 0.255 e. The molecule has 3 aromatic rings. The predicted molar refractivity (Wildman–Crippen MR) is 113 cm³/mol. The third kappa shape index (κ3) is 5.06. The molecular weight excluding hydrogens is 378 g/mol. The highest BCUT2D eigenvalue weighted by Crippen LogP contribution is 2.29. The van der Waals surface area contributed by atoms with Crippen molar-refractivity contribution in [1.82, 2.24) is 0 Å². The monoisotopic (exact) mass is 397 g/mol. The van der Waals surface area contributed by atoms with E-state index in [0.29, 0.717) is 22.0 Å². The Morgan fingerprint density at radius 2 is 1.85 bits per heavy atom. The van der Waals surface area contributed by atoms with Crippen molar-refractivity contribution < 1.29 is 9.53 Å². The zero-order valence-corrected chi connectivity index (χ0v) is 16.7. The summed E-state index contributed by atoms with van der Waals surface area (Å²) in [5.74, 6) is 1.31. The molecule has 0 heterocycles. The van der Waals surface area contributed by atoms with E-state index in [4.69, 9.17) is 16.3 Å². The average molecular weight is 398 g/mol. The summed E-state index contributed by atoms with van der Waals surface area (Å²) >= 11 is 7.84. The molecular formula is C22H20ClNO2S. The summed E-state index contributed by atoms with van der Waals surface area (Å²) in [7, 11) is 1.64. The van der Waals surface area contributed by atoms with Crippen LogP contribution in [0.4, 0.5) is 5.69 Å². The van der Waals surface area contributed by atoms with Gasteiger partial charge in [0.15, 0.2) is 0 Å². The Morgan fingerprint density at radius 1 is 1.07 bits per heavy atom. The Bertz CT molecular complexity index is 944. The number of halogens is 1. The van der Waals surface area contributed by atoms with Crippen molar-refractivity contribution in [2.24, 2.45) is 0 Å². The van der Waals surface area contributed by atoms with Gasteiger partial charge in [-0.3, -0.25) is 4.79 Å². The molecule has 0 aliphatic heterocycles. The van der Waals surface area contributed by atoms with E-state index in [1.54, 1.807) is 31.0 Å². The molecule has 0 aromatic heterocycles. The lowest BCUT2D eigenvalue weighted by Gasteiger charge is -2.12. The largest absolute Gasteiger partial charge is 0.496 e. The Labute approximate surface area is 168 Å². The molecule has 0 atom stereocenters. The lowest BCUT2D eigenvalue weighted by molar-refractivity contribution is 0.102. The fraction of sp³-hybridized carbons (Fsp3) is 0.136. The first-order valence-corrected chi connectivity index (χ1v) is 9.85. The minimum atomic E-state index is -0.177. The molecule has 27 heavy (non-hydrogen) atoms. The topological polar surface area (TPSA) is 38.3 Å². The Balaban J connectivity index is 1.76. The van der Waals surface area contributed by atoms with Crippen LogP contribution in [0, 0.1) is 6.92 Å². The van der Waals surface area contributed by atoms with Gasteiger partial charge < -0.3 is 10.1 Å². The van der Waals surface area contributed by atoms with E-state index in [1.807, 2.05) is 49.4 Å². The SMILES string of the molecule is COc1ccc(C(=O)Nc2ccc(C)c(Cl)c2)cc1CSc1ccccc1. The molecule has 3 aromatic carbocycles. The maximum Gasteiger partial charge on any atom is 0.255 e. The van der Waals surface area contributed by atoms with Gasteiger partial charge in [0.25, 0.3) is 5.91 Å². The molecule has 0 unspecified atom stereocenters. The van der Waals surface area contributed by atoms with E-state index in [0.717, 1.165) is 16.9 Å². The summed E-state index contributed by atoms with van der Waals surface area (Å²) in [6, 6.07) is 21.1. The van der Waals surface area contributed by atoms with Crippen molar-refractivity contribution in [3.63, 3.8) is 0 Å². The highest BCUT2D eigenvalue weighted by molar-refractivity contribution is 7.98. The highest BCUT2D eigenvalue weighted by Gasteiger charge is 2.12. The van der Waals surface area contributed by atoms with Crippen LogP contribution in [-0.2, 0) is 5.75 Å². The molecule has 3 nitrogen and oxygen atoms in total. The molecule has 0 spiro atoms. The normalized spacial score (nSPS) is 10.5. The molecule has 0 aliphatic carbocycles. The van der Waals surface area contributed by atoms with Gasteiger partial charge in [-0.2, -0.15) is 0 Å². The van der Waals surface area contributed by atoms with E-state index in [1.165, 1.54) is 4.90 Å². The fourth-order valence-electron chi connectivity index (χ4n) is 2.58. The van der Waals surface area contributed by atoms with Crippen LogP contribution in [0.5, 0.6) is 5.75 Å². The van der Waals surface area contributed by atoms with Crippen LogP contribution in [0.1, 0.15) is 21.5 Å². The number of benzene rings is 3. The van der Waals surface area contributed by atoms with Crippen molar-refractivity contribution in [2.75, 3.05) is 12.4 Å². The number of carbonyl (C=O) groups excluding carboxylic acids is 1. The molecule has 138 valence electrons. The van der Waals surface area contributed by atoms with Gasteiger partial charge in [0.1, 0.15) is 5.75 Å². The van der Waals surface area contributed by atoms with Crippen LogP contribution in [0.15, 0.2) is 71.6 Å². The van der Waals surface area contributed by atoms with Gasteiger partial charge in [0.05, 0.1) is 7.11 Å². The molecule has 0 radical (unpaired) electrons. The Kier molecular flexibility index (Phi) is 6.43. The molecule has 1 amide bonds. The number of hydrogen-bond acceptors (Lipinski definition) is 3. The van der Waals surface area contributed by atoms with Gasteiger partial charge in [0, 0.05) is 32.5 Å². The molecule has 0 saturated carbocycles. The summed E-state index contributed by atoms with van der Waals surface area (Å²) in [5.41, 5.74) is 3.20. The number of amides is 1. The third-order valence-corrected chi connectivity index (χ3v) is 5.58. The van der Waals surface area contributed by atoms with E-state index >= 15 is 0 Å². The molecule has 5 heteroatoms. The van der Waals surface area contributed by atoms with Crippen LogP contribution in [0.2, 0.25) is 5.02 Å². The second-order valence-electron chi connectivity index (χ2n) is 6.05. The van der Waals surface area contributed by atoms with Crippen molar-refractivity contribution in [2.45, 2.75) is 17.6 Å². The number of aryl methyl sites for hydroxylation is 1. The lowest BCUT2D eigenvalue weighted by Crippen LogP contribution is -2.12.